The Labute approximate surface area is 70.1 Å². The Morgan fingerprint density at radius 3 is 1.55 bits per heavy atom. The molecule has 0 fully saturated rings. The summed E-state index contributed by atoms with van der Waals surface area (Å²) in [5, 5.41) is 17.8. The van der Waals surface area contributed by atoms with Crippen molar-refractivity contribution in [3.63, 3.8) is 0 Å². The van der Waals surface area contributed by atoms with E-state index in [2.05, 4.69) is 0 Å². The number of aliphatic hydroxyl groups excluding tert-OH is 2. The largest absolute Gasteiger partial charge is 0.391 e. The van der Waals surface area contributed by atoms with Gasteiger partial charge in [0.25, 0.3) is 0 Å². The number of hydrogen-bond donors (Lipinski definition) is 2. The summed E-state index contributed by atoms with van der Waals surface area (Å²) in [6.07, 6.45) is 0. The topological polar surface area (TPSA) is 40.5 Å². The Bertz CT molecular complexity index is 228. The van der Waals surface area contributed by atoms with Crippen LogP contribution in [0.5, 0.6) is 0 Å². The Balaban J connectivity index is 3.12. The minimum atomic E-state index is 0.0807. The highest BCUT2D eigenvalue weighted by molar-refractivity contribution is 7.12. The zero-order chi connectivity index (χ0) is 8.43. The van der Waals surface area contributed by atoms with Crippen LogP contribution >= 0.6 is 11.3 Å². The third kappa shape index (κ3) is 1.45. The lowest BCUT2D eigenvalue weighted by molar-refractivity contribution is 0.284. The average molecular weight is 172 g/mol. The van der Waals surface area contributed by atoms with Gasteiger partial charge in [-0.15, -0.1) is 11.3 Å². The van der Waals surface area contributed by atoms with Crippen LogP contribution in [0.3, 0.4) is 0 Å². The fraction of sp³-hybridized carbons (Fsp3) is 0.500. The Morgan fingerprint density at radius 1 is 1.00 bits per heavy atom. The van der Waals surface area contributed by atoms with E-state index in [1.807, 2.05) is 13.8 Å². The molecule has 1 rings (SSSR count). The van der Waals surface area contributed by atoms with Gasteiger partial charge in [0.15, 0.2) is 0 Å². The molecular formula is C8H12O2S. The van der Waals surface area contributed by atoms with Crippen molar-refractivity contribution in [1.29, 1.82) is 0 Å². The van der Waals surface area contributed by atoms with Crippen LogP contribution in [0.2, 0.25) is 0 Å². The zero-order valence-electron chi connectivity index (χ0n) is 6.72. The van der Waals surface area contributed by atoms with Gasteiger partial charge in [-0.3, -0.25) is 0 Å². The van der Waals surface area contributed by atoms with E-state index in [4.69, 9.17) is 10.2 Å². The van der Waals surface area contributed by atoms with Crippen LogP contribution in [0.4, 0.5) is 0 Å². The molecule has 0 atom stereocenters. The van der Waals surface area contributed by atoms with E-state index in [-0.39, 0.29) is 13.2 Å². The van der Waals surface area contributed by atoms with E-state index in [1.54, 1.807) is 0 Å². The van der Waals surface area contributed by atoms with Crippen molar-refractivity contribution in [3.8, 4) is 0 Å². The first-order valence-corrected chi connectivity index (χ1v) is 4.31. The van der Waals surface area contributed by atoms with Gasteiger partial charge in [0.05, 0.1) is 13.2 Å². The molecular weight excluding hydrogens is 160 g/mol. The Morgan fingerprint density at radius 2 is 1.36 bits per heavy atom. The Kier molecular flexibility index (Phi) is 2.65. The lowest BCUT2D eigenvalue weighted by atomic mass is 10.1. The second-order valence-corrected chi connectivity index (χ2v) is 3.70. The van der Waals surface area contributed by atoms with Crippen LogP contribution in [0.25, 0.3) is 0 Å². The van der Waals surface area contributed by atoms with Gasteiger partial charge in [-0.2, -0.15) is 0 Å². The molecule has 0 spiro atoms. The zero-order valence-corrected chi connectivity index (χ0v) is 7.53. The standard InChI is InChI=1S/C8H12O2S/c1-5-6(2)8(4-10)11-7(5)3-9/h9-10H,3-4H2,1-2H3. The third-order valence-electron chi connectivity index (χ3n) is 1.93. The summed E-state index contributed by atoms with van der Waals surface area (Å²) in [5.41, 5.74) is 2.23. The molecule has 11 heavy (non-hydrogen) atoms. The molecule has 0 bridgehead atoms. The second kappa shape index (κ2) is 3.34. The van der Waals surface area contributed by atoms with E-state index in [1.165, 1.54) is 11.3 Å². The SMILES string of the molecule is Cc1c(CO)sc(CO)c1C. The summed E-state index contributed by atoms with van der Waals surface area (Å²) >= 11 is 1.49. The first-order valence-electron chi connectivity index (χ1n) is 3.50. The van der Waals surface area contributed by atoms with E-state index < -0.39 is 0 Å². The molecule has 1 aromatic heterocycles. The van der Waals surface area contributed by atoms with Crippen LogP contribution in [0.1, 0.15) is 20.9 Å². The third-order valence-corrected chi connectivity index (χ3v) is 3.30. The number of aliphatic hydroxyl groups is 2. The monoisotopic (exact) mass is 172 g/mol. The summed E-state index contributed by atoms with van der Waals surface area (Å²) in [7, 11) is 0. The molecule has 2 nitrogen and oxygen atoms in total. The molecule has 62 valence electrons. The molecule has 0 unspecified atom stereocenters. The highest BCUT2D eigenvalue weighted by Crippen LogP contribution is 2.26. The van der Waals surface area contributed by atoms with Crippen LogP contribution in [-0.2, 0) is 13.2 Å². The molecule has 3 heteroatoms. The van der Waals surface area contributed by atoms with Crippen molar-refractivity contribution < 1.29 is 10.2 Å². The van der Waals surface area contributed by atoms with E-state index >= 15 is 0 Å². The summed E-state index contributed by atoms with van der Waals surface area (Å²) < 4.78 is 0. The molecule has 2 N–H and O–H groups in total. The quantitative estimate of drug-likeness (QED) is 0.707. The molecule has 0 aromatic carbocycles. The molecule has 1 aromatic rings. The van der Waals surface area contributed by atoms with Crippen LogP contribution in [0.15, 0.2) is 0 Å². The van der Waals surface area contributed by atoms with Crippen molar-refractivity contribution in [2.45, 2.75) is 27.1 Å². The van der Waals surface area contributed by atoms with Crippen LogP contribution in [0, 0.1) is 13.8 Å². The maximum absolute atomic E-state index is 8.88. The van der Waals surface area contributed by atoms with Crippen molar-refractivity contribution in [3.05, 3.63) is 20.9 Å². The summed E-state index contributed by atoms with van der Waals surface area (Å²) in [4.78, 5) is 1.93. The van der Waals surface area contributed by atoms with E-state index in [0.29, 0.717) is 0 Å². The smallest absolute Gasteiger partial charge is 0.0777 e. The van der Waals surface area contributed by atoms with Crippen molar-refractivity contribution >= 4 is 11.3 Å². The first-order chi connectivity index (χ1) is 5.20. The van der Waals surface area contributed by atoms with Crippen molar-refractivity contribution in [2.24, 2.45) is 0 Å². The normalized spacial score (nSPS) is 10.5. The predicted octanol–water partition coefficient (Wildman–Crippen LogP) is 1.35. The average Bonchev–Trinajstić information content (AvgIpc) is 2.30. The lowest BCUT2D eigenvalue weighted by Gasteiger charge is -1.92. The van der Waals surface area contributed by atoms with Gasteiger partial charge >= 0.3 is 0 Å². The second-order valence-electron chi connectivity index (χ2n) is 2.51. The fourth-order valence-corrected chi connectivity index (χ4v) is 2.06. The maximum atomic E-state index is 8.88. The maximum Gasteiger partial charge on any atom is 0.0777 e. The molecule has 0 aliphatic carbocycles. The highest BCUT2D eigenvalue weighted by Gasteiger charge is 2.08. The van der Waals surface area contributed by atoms with Crippen molar-refractivity contribution in [2.75, 3.05) is 0 Å². The van der Waals surface area contributed by atoms with Gasteiger partial charge in [0.1, 0.15) is 0 Å². The highest BCUT2D eigenvalue weighted by atomic mass is 32.1. The van der Waals surface area contributed by atoms with Gasteiger partial charge in [0.2, 0.25) is 0 Å². The number of rotatable bonds is 2. The van der Waals surface area contributed by atoms with E-state index in [0.717, 1.165) is 20.9 Å². The summed E-state index contributed by atoms with van der Waals surface area (Å²) in [6, 6.07) is 0. The Hall–Kier alpha value is -0.380. The number of thiophene rings is 1. The van der Waals surface area contributed by atoms with Crippen LogP contribution in [-0.4, -0.2) is 10.2 Å². The summed E-state index contributed by atoms with van der Waals surface area (Å²) in [5.74, 6) is 0. The minimum absolute atomic E-state index is 0.0807. The van der Waals surface area contributed by atoms with Crippen molar-refractivity contribution in [1.82, 2.24) is 0 Å². The molecule has 0 radical (unpaired) electrons. The molecule has 1 heterocycles. The molecule has 0 amide bonds. The van der Waals surface area contributed by atoms with E-state index in [9.17, 15) is 0 Å². The molecule has 0 aliphatic rings. The minimum Gasteiger partial charge on any atom is -0.391 e. The molecule has 0 saturated carbocycles. The van der Waals surface area contributed by atoms with Crippen LogP contribution < -0.4 is 0 Å². The van der Waals surface area contributed by atoms with Gasteiger partial charge in [-0.05, 0) is 25.0 Å². The van der Waals surface area contributed by atoms with Gasteiger partial charge in [-0.1, -0.05) is 0 Å². The fourth-order valence-electron chi connectivity index (χ4n) is 1.02. The van der Waals surface area contributed by atoms with Gasteiger partial charge in [0, 0.05) is 9.75 Å². The van der Waals surface area contributed by atoms with Gasteiger partial charge < -0.3 is 10.2 Å². The number of hydrogen-bond acceptors (Lipinski definition) is 3. The molecule has 0 aliphatic heterocycles. The lowest BCUT2D eigenvalue weighted by Crippen LogP contribution is -1.82. The molecule has 0 saturated heterocycles. The summed E-state index contributed by atoms with van der Waals surface area (Å²) in [6.45, 7) is 4.10. The first kappa shape index (κ1) is 8.71. The predicted molar refractivity (Wildman–Crippen MR) is 45.6 cm³/mol. The van der Waals surface area contributed by atoms with Gasteiger partial charge in [-0.25, -0.2) is 0 Å².